The Hall–Kier alpha value is -2.51. The van der Waals surface area contributed by atoms with Gasteiger partial charge in [-0.15, -0.1) is 0 Å². The van der Waals surface area contributed by atoms with Crippen LogP contribution in [0.2, 0.25) is 0 Å². The highest BCUT2D eigenvalue weighted by molar-refractivity contribution is 6.60. The molecule has 0 amide bonds. The number of carbonyl (C=O) groups is 3. The van der Waals surface area contributed by atoms with Crippen molar-refractivity contribution in [2.24, 2.45) is 0 Å². The second kappa shape index (κ2) is 3.09. The molecule has 6 nitrogen and oxygen atoms in total. The Kier molecular flexibility index (Phi) is 2.11. The molecule has 1 aliphatic rings. The smallest absolute Gasteiger partial charge is 0.248 e. The standard InChI is InChI=1S/C8H2N2O4/c9-1-3-5(11)7(13)4(2-10)8(14)6(3)12/h9,13H. The third kappa shape index (κ3) is 1.05. The van der Waals surface area contributed by atoms with E-state index in [4.69, 9.17) is 15.8 Å². The van der Waals surface area contributed by atoms with E-state index >= 15 is 0 Å². The van der Waals surface area contributed by atoms with E-state index in [0.29, 0.717) is 0 Å². The maximum absolute atomic E-state index is 11.0. The van der Waals surface area contributed by atoms with Gasteiger partial charge in [0, 0.05) is 0 Å². The van der Waals surface area contributed by atoms with Crippen molar-refractivity contribution in [1.29, 1.82) is 10.7 Å². The molecular formula is C8H2N2O4. The molecule has 0 aliphatic heterocycles. The predicted molar refractivity (Wildman–Crippen MR) is 41.5 cm³/mol. The molecule has 0 aromatic carbocycles. The molecule has 14 heavy (non-hydrogen) atoms. The van der Waals surface area contributed by atoms with Gasteiger partial charge in [-0.1, -0.05) is 0 Å². The lowest BCUT2D eigenvalue weighted by Crippen LogP contribution is -2.31. The van der Waals surface area contributed by atoms with Crippen LogP contribution in [0, 0.1) is 16.7 Å². The van der Waals surface area contributed by atoms with Crippen molar-refractivity contribution in [3.05, 3.63) is 16.9 Å². The van der Waals surface area contributed by atoms with Crippen LogP contribution in [0.3, 0.4) is 0 Å². The average molecular weight is 190 g/mol. The number of rotatable bonds is 0. The minimum absolute atomic E-state index is 0.855. The van der Waals surface area contributed by atoms with Gasteiger partial charge in [0.25, 0.3) is 0 Å². The van der Waals surface area contributed by atoms with Gasteiger partial charge >= 0.3 is 0 Å². The maximum Gasteiger partial charge on any atom is 0.248 e. The lowest BCUT2D eigenvalue weighted by molar-refractivity contribution is -0.134. The minimum atomic E-state index is -1.29. The van der Waals surface area contributed by atoms with Gasteiger partial charge in [-0.25, -0.2) is 0 Å². The normalized spacial score (nSPS) is 16.8. The van der Waals surface area contributed by atoms with Gasteiger partial charge in [-0.2, -0.15) is 5.26 Å². The second-order valence-electron chi connectivity index (χ2n) is 2.32. The van der Waals surface area contributed by atoms with E-state index in [1.54, 1.807) is 0 Å². The molecule has 68 valence electrons. The quantitative estimate of drug-likeness (QED) is 0.224. The predicted octanol–water partition coefficient (Wildman–Crippen LogP) is -0.782. The molecule has 1 aliphatic carbocycles. The number of carbonyl (C=O) groups excluding carboxylic acids is 3. The van der Waals surface area contributed by atoms with Gasteiger partial charge in [0.15, 0.2) is 5.76 Å². The van der Waals surface area contributed by atoms with Crippen molar-refractivity contribution < 1.29 is 19.5 Å². The number of allylic oxidation sites excluding steroid dienone is 2. The number of aliphatic hydroxyl groups excluding tert-OH is 1. The molecule has 6 heteroatoms. The first-order valence-corrected chi connectivity index (χ1v) is 3.31. The van der Waals surface area contributed by atoms with E-state index in [1.165, 1.54) is 11.9 Å². The van der Waals surface area contributed by atoms with Crippen LogP contribution in [-0.4, -0.2) is 28.3 Å². The van der Waals surface area contributed by atoms with E-state index < -0.39 is 34.3 Å². The first-order chi connectivity index (χ1) is 6.54. The molecule has 0 spiro atoms. The van der Waals surface area contributed by atoms with Crippen LogP contribution in [0.4, 0.5) is 0 Å². The summed E-state index contributed by atoms with van der Waals surface area (Å²) in [5.41, 5.74) is -1.74. The summed E-state index contributed by atoms with van der Waals surface area (Å²) < 4.78 is 0. The number of ketones is 3. The monoisotopic (exact) mass is 190 g/mol. The highest BCUT2D eigenvalue weighted by Crippen LogP contribution is 2.16. The topological polar surface area (TPSA) is 119 Å². The summed E-state index contributed by atoms with van der Waals surface area (Å²) in [7, 11) is 0. The molecular weight excluding hydrogens is 188 g/mol. The van der Waals surface area contributed by atoms with Crippen molar-refractivity contribution in [1.82, 2.24) is 0 Å². The number of nitriles is 1. The van der Waals surface area contributed by atoms with Crippen molar-refractivity contribution in [2.45, 2.75) is 0 Å². The first-order valence-electron chi connectivity index (χ1n) is 3.31. The second-order valence-corrected chi connectivity index (χ2v) is 2.32. The summed E-state index contributed by atoms with van der Waals surface area (Å²) in [6.45, 7) is 0. The van der Waals surface area contributed by atoms with Gasteiger partial charge in [0.1, 0.15) is 17.2 Å². The lowest BCUT2D eigenvalue weighted by Gasteiger charge is -2.08. The Labute approximate surface area is 77.3 Å². The summed E-state index contributed by atoms with van der Waals surface area (Å²) in [5.74, 6) is -3.46. The fourth-order valence-electron chi connectivity index (χ4n) is 0.887. The van der Waals surface area contributed by atoms with Gasteiger partial charge in [0.2, 0.25) is 17.3 Å². The zero-order valence-electron chi connectivity index (χ0n) is 6.62. The Bertz CT molecular complexity index is 486. The van der Waals surface area contributed by atoms with Crippen LogP contribution >= 0.6 is 0 Å². The highest BCUT2D eigenvalue weighted by Gasteiger charge is 2.38. The van der Waals surface area contributed by atoms with E-state index in [-0.39, 0.29) is 0 Å². The molecule has 0 radical (unpaired) electrons. The molecule has 2 N–H and O–H groups in total. The zero-order chi connectivity index (χ0) is 10.9. The molecule has 0 fully saturated rings. The van der Waals surface area contributed by atoms with Crippen LogP contribution in [-0.2, 0) is 14.4 Å². The molecule has 0 heterocycles. The fraction of sp³-hybridized carbons (Fsp3) is 0. The summed E-state index contributed by atoms with van der Waals surface area (Å²) in [6.07, 6.45) is 0. The molecule has 0 aromatic rings. The molecule has 0 saturated heterocycles. The van der Waals surface area contributed by atoms with Crippen molar-refractivity contribution in [2.75, 3.05) is 0 Å². The first kappa shape index (κ1) is 9.58. The summed E-state index contributed by atoms with van der Waals surface area (Å²) in [5, 5.41) is 23.9. The van der Waals surface area contributed by atoms with Crippen LogP contribution in [0.5, 0.6) is 0 Å². The van der Waals surface area contributed by atoms with Crippen LogP contribution in [0.15, 0.2) is 16.9 Å². The molecule has 0 atom stereocenters. The van der Waals surface area contributed by atoms with E-state index in [0.717, 1.165) is 0 Å². The summed E-state index contributed by atoms with van der Waals surface area (Å²) in [6, 6.07) is 1.24. The Morgan fingerprint density at radius 1 is 1.14 bits per heavy atom. The summed E-state index contributed by atoms with van der Waals surface area (Å²) in [4.78, 5) is 33.0. The number of Topliss-reactive ketones (excluding diaryl/α,β-unsaturated/α-hetero) is 3. The van der Waals surface area contributed by atoms with Crippen LogP contribution < -0.4 is 0 Å². The van der Waals surface area contributed by atoms with E-state index in [2.05, 4.69) is 0 Å². The third-order valence-electron chi connectivity index (χ3n) is 1.58. The van der Waals surface area contributed by atoms with Crippen molar-refractivity contribution in [3.63, 3.8) is 0 Å². The SMILES string of the molecule is N#CC1=C(O)C(=O)C(=C=N)C(=O)C1=O. The van der Waals surface area contributed by atoms with Crippen molar-refractivity contribution >= 4 is 23.2 Å². The van der Waals surface area contributed by atoms with Gasteiger partial charge in [-0.3, -0.25) is 19.8 Å². The van der Waals surface area contributed by atoms with Gasteiger partial charge in [-0.05, 0) is 5.87 Å². The largest absolute Gasteiger partial charge is 0.503 e. The van der Waals surface area contributed by atoms with Crippen LogP contribution in [0.25, 0.3) is 0 Å². The average Bonchev–Trinajstić information content (AvgIpc) is 2.17. The summed E-state index contributed by atoms with van der Waals surface area (Å²) >= 11 is 0. The molecule has 0 unspecified atom stereocenters. The van der Waals surface area contributed by atoms with E-state index in [9.17, 15) is 14.4 Å². The zero-order valence-corrected chi connectivity index (χ0v) is 6.62. The number of hydrogen-bond donors (Lipinski definition) is 2. The van der Waals surface area contributed by atoms with E-state index in [1.807, 2.05) is 0 Å². The van der Waals surface area contributed by atoms with Gasteiger partial charge in [0.05, 0.1) is 0 Å². The van der Waals surface area contributed by atoms with Crippen LogP contribution in [0.1, 0.15) is 0 Å². The number of aliphatic hydroxyl groups is 1. The Morgan fingerprint density at radius 3 is 2.14 bits per heavy atom. The third-order valence-corrected chi connectivity index (χ3v) is 1.58. The molecule has 0 saturated carbocycles. The Morgan fingerprint density at radius 2 is 1.71 bits per heavy atom. The lowest BCUT2D eigenvalue weighted by atomic mass is 9.91. The molecule has 1 rings (SSSR count). The maximum atomic E-state index is 11.0. The molecule has 0 bridgehead atoms. The fourth-order valence-corrected chi connectivity index (χ4v) is 0.887. The van der Waals surface area contributed by atoms with Gasteiger partial charge < -0.3 is 5.11 Å². The number of hydrogen-bond acceptors (Lipinski definition) is 6. The number of nitrogens with one attached hydrogen (secondary N) is 1. The van der Waals surface area contributed by atoms with Crippen molar-refractivity contribution in [3.8, 4) is 6.07 Å². The minimum Gasteiger partial charge on any atom is -0.503 e. The number of nitrogens with zero attached hydrogens (tertiary/aromatic N) is 1. The molecule has 0 aromatic heterocycles. The Balaban J connectivity index is 3.56. The highest BCUT2D eigenvalue weighted by atomic mass is 16.3.